The minimum Gasteiger partial charge on any atom is -0.483 e. The third-order valence-corrected chi connectivity index (χ3v) is 4.16. The summed E-state index contributed by atoms with van der Waals surface area (Å²) < 4.78 is 5.46. The van der Waals surface area contributed by atoms with Gasteiger partial charge in [-0.1, -0.05) is 6.07 Å². The second-order valence-corrected chi connectivity index (χ2v) is 5.78. The number of carbonyl (C=O) groups is 2. The van der Waals surface area contributed by atoms with Crippen molar-refractivity contribution in [1.82, 2.24) is 4.90 Å². The Labute approximate surface area is 125 Å². The zero-order chi connectivity index (χ0) is 14.8. The Kier molecular flexibility index (Phi) is 3.62. The fourth-order valence-electron chi connectivity index (χ4n) is 2.24. The van der Waals surface area contributed by atoms with Crippen LogP contribution in [0.1, 0.15) is 20.8 Å². The molecule has 1 N–H and O–H groups in total. The highest BCUT2D eigenvalue weighted by Gasteiger charge is 2.22. The maximum atomic E-state index is 12.1. The van der Waals surface area contributed by atoms with Crippen molar-refractivity contribution in [2.45, 2.75) is 13.1 Å². The van der Waals surface area contributed by atoms with Crippen LogP contribution in [0.5, 0.6) is 5.75 Å². The standard InChI is InChI=1S/C15H13NO4S/c17-14-9-20-13-4-3-10(15(18)19)6-11(13)7-16(14)8-12-2-1-5-21-12/h1-6H,7-9H2,(H,18,19). The Morgan fingerprint density at radius 3 is 2.95 bits per heavy atom. The predicted molar refractivity (Wildman–Crippen MR) is 77.5 cm³/mol. The summed E-state index contributed by atoms with van der Waals surface area (Å²) in [4.78, 5) is 25.9. The fourth-order valence-corrected chi connectivity index (χ4v) is 2.96. The first-order valence-electron chi connectivity index (χ1n) is 6.42. The van der Waals surface area contributed by atoms with Gasteiger partial charge in [0.15, 0.2) is 6.61 Å². The number of benzene rings is 1. The van der Waals surface area contributed by atoms with Gasteiger partial charge in [-0.3, -0.25) is 4.79 Å². The number of carbonyl (C=O) groups excluding carboxylic acids is 1. The highest BCUT2D eigenvalue weighted by Crippen LogP contribution is 2.26. The van der Waals surface area contributed by atoms with E-state index in [4.69, 9.17) is 9.84 Å². The summed E-state index contributed by atoms with van der Waals surface area (Å²) in [6.07, 6.45) is 0. The largest absolute Gasteiger partial charge is 0.483 e. The normalized spacial score (nSPS) is 14.3. The van der Waals surface area contributed by atoms with E-state index in [-0.39, 0.29) is 18.1 Å². The Morgan fingerprint density at radius 1 is 1.38 bits per heavy atom. The van der Waals surface area contributed by atoms with Gasteiger partial charge in [-0.05, 0) is 29.6 Å². The maximum Gasteiger partial charge on any atom is 0.335 e. The van der Waals surface area contributed by atoms with Crippen LogP contribution in [0.2, 0.25) is 0 Å². The average Bonchev–Trinajstić information content (AvgIpc) is 2.92. The van der Waals surface area contributed by atoms with Gasteiger partial charge >= 0.3 is 5.97 Å². The second-order valence-electron chi connectivity index (χ2n) is 4.75. The molecule has 5 nitrogen and oxygen atoms in total. The summed E-state index contributed by atoms with van der Waals surface area (Å²) in [5, 5.41) is 11.0. The van der Waals surface area contributed by atoms with Gasteiger partial charge < -0.3 is 14.7 Å². The molecule has 1 aliphatic heterocycles. The molecule has 0 aliphatic carbocycles. The molecule has 0 radical (unpaired) electrons. The van der Waals surface area contributed by atoms with Crippen molar-refractivity contribution < 1.29 is 19.4 Å². The van der Waals surface area contributed by atoms with Gasteiger partial charge in [-0.25, -0.2) is 4.79 Å². The minimum atomic E-state index is -0.988. The number of hydrogen-bond donors (Lipinski definition) is 1. The molecule has 1 aromatic carbocycles. The molecule has 0 saturated carbocycles. The summed E-state index contributed by atoms with van der Waals surface area (Å²) in [6.45, 7) is 0.842. The summed E-state index contributed by atoms with van der Waals surface area (Å²) >= 11 is 1.59. The lowest BCUT2D eigenvalue weighted by atomic mass is 10.1. The van der Waals surface area contributed by atoms with Crippen LogP contribution in [0.15, 0.2) is 35.7 Å². The summed E-state index contributed by atoms with van der Waals surface area (Å²) in [6, 6.07) is 8.58. The van der Waals surface area contributed by atoms with Gasteiger partial charge in [0.05, 0.1) is 12.1 Å². The monoisotopic (exact) mass is 303 g/mol. The van der Waals surface area contributed by atoms with Crippen molar-refractivity contribution in [3.63, 3.8) is 0 Å². The van der Waals surface area contributed by atoms with E-state index in [2.05, 4.69) is 0 Å². The van der Waals surface area contributed by atoms with E-state index < -0.39 is 5.97 Å². The molecule has 21 heavy (non-hydrogen) atoms. The van der Waals surface area contributed by atoms with Crippen molar-refractivity contribution in [2.24, 2.45) is 0 Å². The molecule has 3 rings (SSSR count). The predicted octanol–water partition coefficient (Wildman–Crippen LogP) is 2.37. The van der Waals surface area contributed by atoms with Crippen molar-refractivity contribution in [1.29, 1.82) is 0 Å². The zero-order valence-corrected chi connectivity index (χ0v) is 11.9. The molecule has 0 saturated heterocycles. The Hall–Kier alpha value is -2.34. The van der Waals surface area contributed by atoms with E-state index in [9.17, 15) is 9.59 Å². The molecule has 6 heteroatoms. The molecule has 1 aliphatic rings. The first-order chi connectivity index (χ1) is 10.1. The number of fused-ring (bicyclic) bond motifs is 1. The number of carboxylic acids is 1. The van der Waals surface area contributed by atoms with Crippen molar-refractivity contribution in [3.05, 3.63) is 51.7 Å². The van der Waals surface area contributed by atoms with Crippen LogP contribution in [0.25, 0.3) is 0 Å². The number of amides is 1. The van der Waals surface area contributed by atoms with E-state index in [1.54, 1.807) is 28.4 Å². The summed E-state index contributed by atoms with van der Waals surface area (Å²) in [5.41, 5.74) is 0.917. The number of rotatable bonds is 3. The lowest BCUT2D eigenvalue weighted by Gasteiger charge is -2.19. The van der Waals surface area contributed by atoms with Gasteiger partial charge in [-0.2, -0.15) is 0 Å². The van der Waals surface area contributed by atoms with E-state index in [1.807, 2.05) is 17.5 Å². The summed E-state index contributed by atoms with van der Waals surface area (Å²) in [5.74, 6) is -0.517. The van der Waals surface area contributed by atoms with Crippen LogP contribution in [0.3, 0.4) is 0 Å². The van der Waals surface area contributed by atoms with Gasteiger partial charge in [0, 0.05) is 17.0 Å². The van der Waals surface area contributed by atoms with E-state index in [1.165, 1.54) is 6.07 Å². The molecule has 2 aromatic rings. The quantitative estimate of drug-likeness (QED) is 0.945. The molecule has 2 heterocycles. The molecule has 0 bridgehead atoms. The zero-order valence-electron chi connectivity index (χ0n) is 11.1. The number of hydrogen-bond acceptors (Lipinski definition) is 4. The van der Waals surface area contributed by atoms with E-state index >= 15 is 0 Å². The van der Waals surface area contributed by atoms with Gasteiger partial charge in [0.25, 0.3) is 5.91 Å². The Balaban J connectivity index is 1.88. The highest BCUT2D eigenvalue weighted by molar-refractivity contribution is 7.09. The summed E-state index contributed by atoms with van der Waals surface area (Å²) in [7, 11) is 0. The van der Waals surface area contributed by atoms with Crippen molar-refractivity contribution in [3.8, 4) is 5.75 Å². The van der Waals surface area contributed by atoms with Gasteiger partial charge in [0.2, 0.25) is 0 Å². The highest BCUT2D eigenvalue weighted by atomic mass is 32.1. The average molecular weight is 303 g/mol. The molecule has 0 fully saturated rings. The second kappa shape index (κ2) is 5.57. The van der Waals surface area contributed by atoms with Crippen molar-refractivity contribution in [2.75, 3.05) is 6.61 Å². The van der Waals surface area contributed by atoms with Crippen LogP contribution in [-0.2, 0) is 17.9 Å². The fraction of sp³-hybridized carbons (Fsp3) is 0.200. The van der Waals surface area contributed by atoms with Crippen molar-refractivity contribution >= 4 is 23.2 Å². The Morgan fingerprint density at radius 2 is 2.24 bits per heavy atom. The number of nitrogens with zero attached hydrogens (tertiary/aromatic N) is 1. The first-order valence-corrected chi connectivity index (χ1v) is 7.30. The third-order valence-electron chi connectivity index (χ3n) is 3.30. The third kappa shape index (κ3) is 2.90. The topological polar surface area (TPSA) is 66.8 Å². The number of thiophene rings is 1. The number of carboxylic acid groups (broad SMARTS) is 1. The molecule has 0 unspecified atom stereocenters. The molecular weight excluding hydrogens is 290 g/mol. The molecular formula is C15H13NO4S. The lowest BCUT2D eigenvalue weighted by molar-refractivity contribution is -0.133. The van der Waals surface area contributed by atoms with Gasteiger partial charge in [-0.15, -0.1) is 11.3 Å². The van der Waals surface area contributed by atoms with Crippen LogP contribution in [-0.4, -0.2) is 28.5 Å². The molecule has 108 valence electrons. The first kappa shape index (κ1) is 13.6. The molecule has 0 atom stereocenters. The van der Waals surface area contributed by atoms with Crippen LogP contribution >= 0.6 is 11.3 Å². The van der Waals surface area contributed by atoms with E-state index in [0.717, 1.165) is 10.4 Å². The Bertz CT molecular complexity index is 681. The maximum absolute atomic E-state index is 12.1. The number of ether oxygens (including phenoxy) is 1. The molecule has 1 amide bonds. The van der Waals surface area contributed by atoms with Crippen LogP contribution in [0, 0.1) is 0 Å². The lowest BCUT2D eigenvalue weighted by Crippen LogP contribution is -2.31. The van der Waals surface area contributed by atoms with Gasteiger partial charge in [0.1, 0.15) is 5.75 Å². The number of aromatic carboxylic acids is 1. The smallest absolute Gasteiger partial charge is 0.335 e. The SMILES string of the molecule is O=C(O)c1ccc2c(c1)CN(Cc1cccs1)C(=O)CO2. The minimum absolute atomic E-state index is 0.0230. The van der Waals surface area contributed by atoms with E-state index in [0.29, 0.717) is 18.8 Å². The van der Waals surface area contributed by atoms with Crippen LogP contribution < -0.4 is 4.74 Å². The molecule has 1 aromatic heterocycles. The molecule has 0 spiro atoms. The van der Waals surface area contributed by atoms with Crippen LogP contribution in [0.4, 0.5) is 0 Å².